The Morgan fingerprint density at radius 2 is 2.06 bits per heavy atom. The van der Waals surface area contributed by atoms with Gasteiger partial charge in [0.25, 0.3) is 5.56 Å². The Hall–Kier alpha value is -2.10. The number of nitrogen functional groups attached to an aromatic ring is 1. The summed E-state index contributed by atoms with van der Waals surface area (Å²) in [5, 5.41) is 0. The van der Waals surface area contributed by atoms with Crippen LogP contribution in [0.15, 0.2) is 35.1 Å². The smallest absolute Gasteiger partial charge is 0.251 e. The Kier molecular flexibility index (Phi) is 2.95. The summed E-state index contributed by atoms with van der Waals surface area (Å²) in [6.07, 6.45) is 0. The topological polar surface area (TPSA) is 71.8 Å². The van der Waals surface area contributed by atoms with E-state index in [1.165, 1.54) is 6.07 Å². The monoisotopic (exact) mass is 229 g/mol. The van der Waals surface area contributed by atoms with Gasteiger partial charge >= 0.3 is 0 Å². The molecule has 17 heavy (non-hydrogen) atoms. The number of H-pyrrole nitrogens is 1. The van der Waals surface area contributed by atoms with Crippen LogP contribution >= 0.6 is 0 Å². The van der Waals surface area contributed by atoms with Gasteiger partial charge in [0.15, 0.2) is 0 Å². The van der Waals surface area contributed by atoms with Crippen LogP contribution in [-0.2, 0) is 0 Å². The van der Waals surface area contributed by atoms with Gasteiger partial charge in [-0.05, 0) is 12.1 Å². The molecule has 0 radical (unpaired) electrons. The third kappa shape index (κ3) is 2.53. The summed E-state index contributed by atoms with van der Waals surface area (Å²) in [6.45, 7) is 3.98. The second-order valence-corrected chi connectivity index (χ2v) is 4.30. The quantitative estimate of drug-likeness (QED) is 0.775. The molecule has 1 aromatic carbocycles. The zero-order valence-electron chi connectivity index (χ0n) is 9.90. The van der Waals surface area contributed by atoms with Gasteiger partial charge < -0.3 is 10.7 Å². The van der Waals surface area contributed by atoms with Crippen LogP contribution in [0, 0.1) is 0 Å². The van der Waals surface area contributed by atoms with E-state index in [1.807, 2.05) is 32.0 Å². The zero-order chi connectivity index (χ0) is 12.4. The highest BCUT2D eigenvalue weighted by atomic mass is 16.1. The summed E-state index contributed by atoms with van der Waals surface area (Å²) in [6, 6.07) is 8.84. The highest BCUT2D eigenvalue weighted by Gasteiger charge is 2.06. The van der Waals surface area contributed by atoms with Crippen molar-refractivity contribution in [3.8, 4) is 11.3 Å². The molecule has 0 fully saturated rings. The molecule has 3 N–H and O–H groups in total. The van der Waals surface area contributed by atoms with E-state index in [4.69, 9.17) is 5.73 Å². The summed E-state index contributed by atoms with van der Waals surface area (Å²) < 4.78 is 0. The average Bonchev–Trinajstić information content (AvgIpc) is 2.28. The first kappa shape index (κ1) is 11.4. The van der Waals surface area contributed by atoms with Crippen molar-refractivity contribution < 1.29 is 0 Å². The second-order valence-electron chi connectivity index (χ2n) is 4.30. The van der Waals surface area contributed by atoms with Crippen molar-refractivity contribution in [2.24, 2.45) is 0 Å². The predicted molar refractivity (Wildman–Crippen MR) is 68.8 cm³/mol. The molecule has 0 spiro atoms. The number of nitrogens with zero attached hydrogens (tertiary/aromatic N) is 1. The van der Waals surface area contributed by atoms with Crippen molar-refractivity contribution in [1.29, 1.82) is 0 Å². The SMILES string of the molecule is CC(C)c1nc(-c2cccc(N)c2)cc(=O)[nH]1. The van der Waals surface area contributed by atoms with Crippen LogP contribution in [0.5, 0.6) is 0 Å². The molecule has 0 bridgehead atoms. The van der Waals surface area contributed by atoms with Gasteiger partial charge in [0, 0.05) is 23.2 Å². The molecule has 0 unspecified atom stereocenters. The maximum Gasteiger partial charge on any atom is 0.251 e. The van der Waals surface area contributed by atoms with Crippen molar-refractivity contribution in [3.63, 3.8) is 0 Å². The molecule has 0 saturated carbocycles. The molecule has 4 nitrogen and oxygen atoms in total. The van der Waals surface area contributed by atoms with E-state index in [2.05, 4.69) is 9.97 Å². The van der Waals surface area contributed by atoms with Crippen LogP contribution in [0.25, 0.3) is 11.3 Å². The molecule has 0 amide bonds. The molecule has 1 heterocycles. The lowest BCUT2D eigenvalue weighted by molar-refractivity contribution is 0.768. The van der Waals surface area contributed by atoms with Gasteiger partial charge in [-0.1, -0.05) is 26.0 Å². The van der Waals surface area contributed by atoms with Crippen LogP contribution in [0.4, 0.5) is 5.69 Å². The van der Waals surface area contributed by atoms with Crippen molar-refractivity contribution in [2.75, 3.05) is 5.73 Å². The Bertz CT molecular complexity index is 587. The molecule has 4 heteroatoms. The number of aromatic nitrogens is 2. The molecule has 2 rings (SSSR count). The molecule has 0 aliphatic heterocycles. The van der Waals surface area contributed by atoms with Gasteiger partial charge in [0.1, 0.15) is 5.82 Å². The van der Waals surface area contributed by atoms with Gasteiger partial charge in [-0.3, -0.25) is 4.79 Å². The predicted octanol–water partition coefficient (Wildman–Crippen LogP) is 2.14. The van der Waals surface area contributed by atoms with E-state index >= 15 is 0 Å². The number of hydrogen-bond acceptors (Lipinski definition) is 3. The highest BCUT2D eigenvalue weighted by molar-refractivity contribution is 5.63. The third-order valence-electron chi connectivity index (χ3n) is 2.49. The second kappa shape index (κ2) is 4.41. The Morgan fingerprint density at radius 1 is 1.29 bits per heavy atom. The van der Waals surface area contributed by atoms with Crippen molar-refractivity contribution >= 4 is 5.69 Å². The van der Waals surface area contributed by atoms with Crippen molar-refractivity contribution in [3.05, 3.63) is 46.5 Å². The van der Waals surface area contributed by atoms with Crippen molar-refractivity contribution in [1.82, 2.24) is 9.97 Å². The maximum atomic E-state index is 11.5. The van der Waals surface area contributed by atoms with Gasteiger partial charge in [0.05, 0.1) is 5.69 Å². The minimum Gasteiger partial charge on any atom is -0.399 e. The molecule has 1 aromatic heterocycles. The standard InChI is InChI=1S/C13H15N3O/c1-8(2)13-15-11(7-12(17)16-13)9-4-3-5-10(14)6-9/h3-8H,14H2,1-2H3,(H,15,16,17). The normalized spacial score (nSPS) is 10.8. The number of benzene rings is 1. The van der Waals surface area contributed by atoms with Crippen LogP contribution < -0.4 is 11.3 Å². The van der Waals surface area contributed by atoms with E-state index in [-0.39, 0.29) is 11.5 Å². The molecule has 2 aromatic rings. The third-order valence-corrected chi connectivity index (χ3v) is 2.49. The summed E-state index contributed by atoms with van der Waals surface area (Å²) in [4.78, 5) is 18.7. The number of aromatic amines is 1. The molecule has 0 aliphatic rings. The molecular weight excluding hydrogens is 214 g/mol. The van der Waals surface area contributed by atoms with Gasteiger partial charge in [-0.15, -0.1) is 0 Å². The lowest BCUT2D eigenvalue weighted by atomic mass is 10.1. The van der Waals surface area contributed by atoms with Gasteiger partial charge in [0.2, 0.25) is 0 Å². The fourth-order valence-electron chi connectivity index (χ4n) is 1.60. The van der Waals surface area contributed by atoms with E-state index in [1.54, 1.807) is 6.07 Å². The van der Waals surface area contributed by atoms with Crippen LogP contribution in [-0.4, -0.2) is 9.97 Å². The summed E-state index contributed by atoms with van der Waals surface area (Å²) in [5.74, 6) is 0.874. The fraction of sp³-hybridized carbons (Fsp3) is 0.231. The number of hydrogen-bond donors (Lipinski definition) is 2. The maximum absolute atomic E-state index is 11.5. The first-order chi connectivity index (χ1) is 8.06. The highest BCUT2D eigenvalue weighted by Crippen LogP contribution is 2.19. The summed E-state index contributed by atoms with van der Waals surface area (Å²) >= 11 is 0. The number of rotatable bonds is 2. The lowest BCUT2D eigenvalue weighted by Gasteiger charge is -2.07. The first-order valence-electron chi connectivity index (χ1n) is 5.53. The fourth-order valence-corrected chi connectivity index (χ4v) is 1.60. The van der Waals surface area contributed by atoms with E-state index < -0.39 is 0 Å². The van der Waals surface area contributed by atoms with Crippen LogP contribution in [0.1, 0.15) is 25.6 Å². The Labute approximate surface area is 99.5 Å². The van der Waals surface area contributed by atoms with Crippen LogP contribution in [0.3, 0.4) is 0 Å². The Morgan fingerprint density at radius 3 is 2.71 bits per heavy atom. The molecule has 88 valence electrons. The van der Waals surface area contributed by atoms with E-state index in [0.29, 0.717) is 17.2 Å². The molecular formula is C13H15N3O. The number of nitrogens with two attached hydrogens (primary N) is 1. The number of nitrogens with one attached hydrogen (secondary N) is 1. The number of anilines is 1. The minimum atomic E-state index is -0.138. The minimum absolute atomic E-state index is 0.138. The van der Waals surface area contributed by atoms with Gasteiger partial charge in [-0.2, -0.15) is 0 Å². The lowest BCUT2D eigenvalue weighted by Crippen LogP contribution is -2.12. The largest absolute Gasteiger partial charge is 0.399 e. The van der Waals surface area contributed by atoms with Gasteiger partial charge in [-0.25, -0.2) is 4.98 Å². The van der Waals surface area contributed by atoms with E-state index in [0.717, 1.165) is 5.56 Å². The first-order valence-corrected chi connectivity index (χ1v) is 5.53. The summed E-state index contributed by atoms with van der Waals surface area (Å²) in [5.41, 5.74) is 7.76. The van der Waals surface area contributed by atoms with Crippen molar-refractivity contribution in [2.45, 2.75) is 19.8 Å². The summed E-state index contributed by atoms with van der Waals surface area (Å²) in [7, 11) is 0. The van der Waals surface area contributed by atoms with E-state index in [9.17, 15) is 4.79 Å². The average molecular weight is 229 g/mol. The zero-order valence-corrected chi connectivity index (χ0v) is 9.90. The molecule has 0 saturated heterocycles. The molecule has 0 atom stereocenters. The molecule has 0 aliphatic carbocycles. The Balaban J connectivity index is 2.56. The van der Waals surface area contributed by atoms with Crippen LogP contribution in [0.2, 0.25) is 0 Å².